The summed E-state index contributed by atoms with van der Waals surface area (Å²) >= 11 is 0. The summed E-state index contributed by atoms with van der Waals surface area (Å²) in [6, 6.07) is 0. The maximum atomic E-state index is 4.55. The average Bonchev–Trinajstić information content (AvgIpc) is 2.12. The maximum absolute atomic E-state index is 4.55. The lowest BCUT2D eigenvalue weighted by molar-refractivity contribution is 0.0440. The summed E-state index contributed by atoms with van der Waals surface area (Å²) in [7, 11) is 0. The van der Waals surface area contributed by atoms with Crippen LogP contribution in [0.5, 0.6) is 0 Å². The Morgan fingerprint density at radius 1 is 1.00 bits per heavy atom. The van der Waals surface area contributed by atoms with E-state index in [0.717, 1.165) is 18.9 Å². The molecule has 1 aromatic rings. The second-order valence-corrected chi connectivity index (χ2v) is 7.35. The lowest BCUT2D eigenvalue weighted by atomic mass is 9.89. The third-order valence-electron chi connectivity index (χ3n) is 3.73. The zero-order valence-corrected chi connectivity index (χ0v) is 12.5. The van der Waals surface area contributed by atoms with Crippen molar-refractivity contribution in [1.29, 1.82) is 0 Å². The van der Waals surface area contributed by atoms with Gasteiger partial charge in [0.25, 0.3) is 0 Å². The molecule has 1 aromatic heterocycles. The van der Waals surface area contributed by atoms with Gasteiger partial charge in [-0.15, -0.1) is 0 Å². The molecule has 0 radical (unpaired) electrons. The predicted molar refractivity (Wildman–Crippen MR) is 74.8 cm³/mol. The fourth-order valence-electron chi connectivity index (χ4n) is 2.13. The lowest BCUT2D eigenvalue weighted by Gasteiger charge is -2.47. The van der Waals surface area contributed by atoms with Gasteiger partial charge in [-0.3, -0.25) is 4.90 Å². The fraction of sp³-hybridized carbons (Fsp3) is 0.733. The molecule has 1 fully saturated rings. The Morgan fingerprint density at radius 2 is 1.50 bits per heavy atom. The number of nitrogens with zero attached hydrogens (tertiary/aromatic N) is 3. The molecule has 1 saturated heterocycles. The zero-order chi connectivity index (χ0) is 13.6. The summed E-state index contributed by atoms with van der Waals surface area (Å²) in [6.45, 7) is 15.5. The monoisotopic (exact) mass is 247 g/mol. The third kappa shape index (κ3) is 2.72. The number of aromatic nitrogens is 2. The normalized spacial score (nSPS) is 18.8. The molecule has 0 N–H and O–H groups in total. The topological polar surface area (TPSA) is 29.0 Å². The molecule has 0 spiro atoms. The molecule has 0 aliphatic carbocycles. The Morgan fingerprint density at radius 3 is 1.89 bits per heavy atom. The molecule has 18 heavy (non-hydrogen) atoms. The highest BCUT2D eigenvalue weighted by molar-refractivity contribution is 5.17. The molecule has 0 unspecified atom stereocenters. The minimum atomic E-state index is 0.135. The van der Waals surface area contributed by atoms with Crippen molar-refractivity contribution in [2.75, 3.05) is 13.1 Å². The number of hydrogen-bond acceptors (Lipinski definition) is 3. The molecule has 0 saturated carbocycles. The highest BCUT2D eigenvalue weighted by atomic mass is 15.2. The molecule has 3 heteroatoms. The van der Waals surface area contributed by atoms with E-state index in [9.17, 15) is 0 Å². The number of rotatable bonds is 1. The molecule has 2 rings (SSSR count). The molecule has 2 heterocycles. The predicted octanol–water partition coefficient (Wildman–Crippen LogP) is 2.97. The van der Waals surface area contributed by atoms with Gasteiger partial charge in [-0.05, 0) is 31.7 Å². The van der Waals surface area contributed by atoms with Crippen LogP contribution in [0.15, 0.2) is 12.4 Å². The van der Waals surface area contributed by atoms with Gasteiger partial charge in [0.05, 0.1) is 0 Å². The van der Waals surface area contributed by atoms with Gasteiger partial charge >= 0.3 is 0 Å². The van der Waals surface area contributed by atoms with E-state index in [0.29, 0.717) is 5.92 Å². The highest BCUT2D eigenvalue weighted by Crippen LogP contribution is 2.31. The summed E-state index contributed by atoms with van der Waals surface area (Å²) in [6.07, 6.45) is 3.98. The Bertz CT molecular complexity index is 403. The molecular formula is C15H25N3. The molecule has 0 atom stereocenters. The molecule has 0 bridgehead atoms. The lowest BCUT2D eigenvalue weighted by Crippen LogP contribution is -2.54. The minimum absolute atomic E-state index is 0.135. The van der Waals surface area contributed by atoms with Crippen molar-refractivity contribution in [2.45, 2.75) is 58.4 Å². The summed E-state index contributed by atoms with van der Waals surface area (Å²) in [5.41, 5.74) is 1.61. The fourth-order valence-corrected chi connectivity index (χ4v) is 2.13. The van der Waals surface area contributed by atoms with Gasteiger partial charge < -0.3 is 0 Å². The van der Waals surface area contributed by atoms with Gasteiger partial charge in [-0.2, -0.15) is 0 Å². The SMILES string of the molecule is CC(C)(C)c1cnc(C2CN(C(C)(C)C)C2)nc1. The Kier molecular flexibility index (Phi) is 3.22. The van der Waals surface area contributed by atoms with E-state index >= 15 is 0 Å². The molecule has 1 aliphatic rings. The zero-order valence-electron chi connectivity index (χ0n) is 12.5. The summed E-state index contributed by atoms with van der Waals surface area (Å²) in [5.74, 6) is 1.52. The second-order valence-electron chi connectivity index (χ2n) is 7.35. The molecular weight excluding hydrogens is 222 g/mol. The Hall–Kier alpha value is -0.960. The van der Waals surface area contributed by atoms with Crippen molar-refractivity contribution in [3.05, 3.63) is 23.8 Å². The minimum Gasteiger partial charge on any atom is -0.297 e. The molecule has 1 aliphatic heterocycles. The summed E-state index contributed by atoms with van der Waals surface area (Å²) < 4.78 is 0. The van der Waals surface area contributed by atoms with Crippen molar-refractivity contribution in [1.82, 2.24) is 14.9 Å². The van der Waals surface area contributed by atoms with Crippen molar-refractivity contribution in [3.8, 4) is 0 Å². The van der Waals surface area contributed by atoms with E-state index in [-0.39, 0.29) is 11.0 Å². The third-order valence-corrected chi connectivity index (χ3v) is 3.73. The van der Waals surface area contributed by atoms with E-state index < -0.39 is 0 Å². The number of hydrogen-bond donors (Lipinski definition) is 0. The maximum Gasteiger partial charge on any atom is 0.133 e. The van der Waals surface area contributed by atoms with Gasteiger partial charge in [0.15, 0.2) is 0 Å². The summed E-state index contributed by atoms with van der Waals surface area (Å²) in [5, 5.41) is 0. The average molecular weight is 247 g/mol. The first-order chi connectivity index (χ1) is 8.18. The van der Waals surface area contributed by atoms with Gasteiger partial charge in [-0.1, -0.05) is 20.8 Å². The van der Waals surface area contributed by atoms with Crippen LogP contribution in [-0.2, 0) is 5.41 Å². The second kappa shape index (κ2) is 4.30. The van der Waals surface area contributed by atoms with Crippen LogP contribution >= 0.6 is 0 Å². The number of likely N-dealkylation sites (tertiary alicyclic amines) is 1. The quantitative estimate of drug-likeness (QED) is 0.764. The summed E-state index contributed by atoms with van der Waals surface area (Å²) in [4.78, 5) is 11.6. The molecule has 3 nitrogen and oxygen atoms in total. The van der Waals surface area contributed by atoms with E-state index in [2.05, 4.69) is 56.4 Å². The van der Waals surface area contributed by atoms with Crippen LogP contribution in [0.4, 0.5) is 0 Å². The van der Waals surface area contributed by atoms with Crippen molar-refractivity contribution < 1.29 is 0 Å². The van der Waals surface area contributed by atoms with E-state index in [1.807, 2.05) is 12.4 Å². The van der Waals surface area contributed by atoms with E-state index in [4.69, 9.17) is 0 Å². The molecule has 0 aromatic carbocycles. The standard InChI is InChI=1S/C15H25N3/c1-14(2,3)12-7-16-13(17-8-12)11-9-18(10-11)15(4,5)6/h7-8,11H,9-10H2,1-6H3. The Balaban J connectivity index is 2.01. The van der Waals surface area contributed by atoms with Gasteiger partial charge in [0, 0.05) is 36.9 Å². The van der Waals surface area contributed by atoms with Gasteiger partial charge in [0.2, 0.25) is 0 Å². The van der Waals surface area contributed by atoms with E-state index in [1.165, 1.54) is 5.56 Å². The smallest absolute Gasteiger partial charge is 0.133 e. The first-order valence-electron chi connectivity index (χ1n) is 6.75. The van der Waals surface area contributed by atoms with Crippen molar-refractivity contribution in [3.63, 3.8) is 0 Å². The van der Waals surface area contributed by atoms with Crippen LogP contribution in [0, 0.1) is 0 Å². The van der Waals surface area contributed by atoms with Crippen LogP contribution in [0.25, 0.3) is 0 Å². The van der Waals surface area contributed by atoms with Crippen LogP contribution in [0.2, 0.25) is 0 Å². The Labute approximate surface area is 111 Å². The highest BCUT2D eigenvalue weighted by Gasteiger charge is 2.36. The largest absolute Gasteiger partial charge is 0.297 e. The van der Waals surface area contributed by atoms with Gasteiger partial charge in [0.1, 0.15) is 5.82 Å². The van der Waals surface area contributed by atoms with Crippen LogP contribution < -0.4 is 0 Å². The first kappa shape index (κ1) is 13.5. The van der Waals surface area contributed by atoms with Crippen molar-refractivity contribution in [2.24, 2.45) is 0 Å². The van der Waals surface area contributed by atoms with Crippen LogP contribution in [0.3, 0.4) is 0 Å². The van der Waals surface area contributed by atoms with Crippen molar-refractivity contribution >= 4 is 0 Å². The first-order valence-corrected chi connectivity index (χ1v) is 6.75. The van der Waals surface area contributed by atoms with Gasteiger partial charge in [-0.25, -0.2) is 9.97 Å². The molecule has 100 valence electrons. The molecule has 0 amide bonds. The van der Waals surface area contributed by atoms with Crippen LogP contribution in [-0.4, -0.2) is 33.5 Å². The van der Waals surface area contributed by atoms with E-state index in [1.54, 1.807) is 0 Å². The van der Waals surface area contributed by atoms with Crippen LogP contribution in [0.1, 0.15) is 58.8 Å².